The highest BCUT2D eigenvalue weighted by atomic mass is 35.5. The zero-order valence-corrected chi connectivity index (χ0v) is 10.2. The molecule has 6 heteroatoms. The fraction of sp³-hybridized carbons (Fsp3) is 0.273. The average Bonchev–Trinajstić information content (AvgIpc) is 2.67. The predicted molar refractivity (Wildman–Crippen MR) is 64.9 cm³/mol. The quantitative estimate of drug-likeness (QED) is 0.910. The van der Waals surface area contributed by atoms with Gasteiger partial charge in [0.1, 0.15) is 5.75 Å². The molecule has 90 valence electrons. The second kappa shape index (κ2) is 4.63. The first-order chi connectivity index (χ1) is 8.06. The maximum atomic E-state index is 6.08. The molecule has 5 nitrogen and oxygen atoms in total. The maximum Gasteiger partial charge on any atom is 0.313 e. The van der Waals surface area contributed by atoms with Gasteiger partial charge < -0.3 is 14.9 Å². The van der Waals surface area contributed by atoms with Crippen molar-refractivity contribution in [1.29, 1.82) is 0 Å². The Morgan fingerprint density at radius 1 is 1.35 bits per heavy atom. The number of hydrogen-bond donors (Lipinski definition) is 1. The van der Waals surface area contributed by atoms with Crippen molar-refractivity contribution in [2.75, 3.05) is 5.73 Å². The largest absolute Gasteiger partial charge is 0.489 e. The molecule has 1 aromatic carbocycles. The summed E-state index contributed by atoms with van der Waals surface area (Å²) in [6.07, 6.45) is 0.0670. The average molecular weight is 254 g/mol. The Labute approximate surface area is 104 Å². The minimum Gasteiger partial charge on any atom is -0.489 e. The van der Waals surface area contributed by atoms with E-state index in [4.69, 9.17) is 26.5 Å². The number of benzene rings is 1. The van der Waals surface area contributed by atoms with E-state index in [-0.39, 0.29) is 12.1 Å². The van der Waals surface area contributed by atoms with Gasteiger partial charge in [-0.25, -0.2) is 0 Å². The van der Waals surface area contributed by atoms with E-state index in [9.17, 15) is 0 Å². The third kappa shape index (κ3) is 2.68. The highest BCUT2D eigenvalue weighted by Gasteiger charge is 2.10. The minimum absolute atomic E-state index is 0.0265. The summed E-state index contributed by atoms with van der Waals surface area (Å²) in [5, 5.41) is 7.85. The monoisotopic (exact) mass is 253 g/mol. The van der Waals surface area contributed by atoms with Crippen molar-refractivity contribution in [2.24, 2.45) is 0 Å². The molecule has 0 spiro atoms. The van der Waals surface area contributed by atoms with Gasteiger partial charge in [0.15, 0.2) is 0 Å². The van der Waals surface area contributed by atoms with Gasteiger partial charge in [-0.05, 0) is 32.0 Å². The lowest BCUT2D eigenvalue weighted by atomic mass is 10.2. The molecular weight excluding hydrogens is 242 g/mol. The summed E-state index contributed by atoms with van der Waals surface area (Å²) in [5.74, 6) is 0.957. The maximum absolute atomic E-state index is 6.08. The lowest BCUT2D eigenvalue weighted by Gasteiger charge is -2.11. The Balaban J connectivity index is 2.30. The van der Waals surface area contributed by atoms with Crippen molar-refractivity contribution in [2.45, 2.75) is 20.0 Å². The van der Waals surface area contributed by atoms with E-state index >= 15 is 0 Å². The second-order valence-electron chi connectivity index (χ2n) is 3.76. The molecule has 17 heavy (non-hydrogen) atoms. The smallest absolute Gasteiger partial charge is 0.313 e. The summed E-state index contributed by atoms with van der Waals surface area (Å²) in [4.78, 5) is 0. The summed E-state index contributed by atoms with van der Waals surface area (Å²) >= 11 is 6.08. The summed E-state index contributed by atoms with van der Waals surface area (Å²) in [5.41, 5.74) is 6.06. The molecule has 0 saturated carbocycles. The van der Waals surface area contributed by atoms with Crippen LogP contribution in [0.25, 0.3) is 11.5 Å². The highest BCUT2D eigenvalue weighted by molar-refractivity contribution is 6.32. The number of nitrogens with zero attached hydrogens (tertiary/aromatic N) is 2. The lowest BCUT2D eigenvalue weighted by Crippen LogP contribution is -2.05. The van der Waals surface area contributed by atoms with Crippen LogP contribution in [0.5, 0.6) is 5.75 Å². The van der Waals surface area contributed by atoms with Crippen LogP contribution in [0, 0.1) is 0 Å². The van der Waals surface area contributed by atoms with Crippen LogP contribution >= 0.6 is 11.6 Å². The van der Waals surface area contributed by atoms with Crippen LogP contribution in [0.15, 0.2) is 22.6 Å². The molecule has 2 N–H and O–H groups in total. The van der Waals surface area contributed by atoms with E-state index in [1.54, 1.807) is 18.2 Å². The molecule has 0 aliphatic carbocycles. The molecule has 0 aliphatic heterocycles. The first-order valence-corrected chi connectivity index (χ1v) is 5.49. The van der Waals surface area contributed by atoms with Crippen molar-refractivity contribution in [1.82, 2.24) is 10.2 Å². The number of anilines is 1. The van der Waals surface area contributed by atoms with Gasteiger partial charge in [0.2, 0.25) is 5.89 Å². The van der Waals surface area contributed by atoms with E-state index < -0.39 is 0 Å². The van der Waals surface area contributed by atoms with Gasteiger partial charge in [-0.2, -0.15) is 0 Å². The van der Waals surface area contributed by atoms with Gasteiger partial charge >= 0.3 is 6.01 Å². The number of ether oxygens (including phenoxy) is 1. The van der Waals surface area contributed by atoms with Crippen molar-refractivity contribution >= 4 is 17.6 Å². The van der Waals surface area contributed by atoms with Gasteiger partial charge in [-0.15, -0.1) is 5.10 Å². The second-order valence-corrected chi connectivity index (χ2v) is 4.16. The van der Waals surface area contributed by atoms with E-state index in [0.29, 0.717) is 22.2 Å². The van der Waals surface area contributed by atoms with Crippen molar-refractivity contribution in [3.8, 4) is 17.2 Å². The predicted octanol–water partition coefficient (Wildman–Crippen LogP) is 2.76. The molecule has 0 bridgehead atoms. The fourth-order valence-corrected chi connectivity index (χ4v) is 1.56. The molecule has 0 aliphatic rings. The SMILES string of the molecule is CC(C)Oc1ccc(-c2nnc(N)o2)cc1Cl. The van der Waals surface area contributed by atoms with Gasteiger partial charge in [0.25, 0.3) is 0 Å². The third-order valence-corrected chi connectivity index (χ3v) is 2.28. The van der Waals surface area contributed by atoms with Crippen LogP contribution in [-0.4, -0.2) is 16.3 Å². The highest BCUT2D eigenvalue weighted by Crippen LogP contribution is 2.30. The van der Waals surface area contributed by atoms with E-state index in [0.717, 1.165) is 0 Å². The van der Waals surface area contributed by atoms with Crippen LogP contribution in [0.3, 0.4) is 0 Å². The number of rotatable bonds is 3. The standard InChI is InChI=1S/C11H12ClN3O2/c1-6(2)16-9-4-3-7(5-8(9)12)10-14-15-11(13)17-10/h3-6H,1-2H3,(H2,13,15). The molecule has 0 unspecified atom stereocenters. The van der Waals surface area contributed by atoms with Gasteiger partial charge in [0.05, 0.1) is 11.1 Å². The van der Waals surface area contributed by atoms with Crippen molar-refractivity contribution in [3.05, 3.63) is 23.2 Å². The molecule has 2 aromatic rings. The number of aromatic nitrogens is 2. The first kappa shape index (κ1) is 11.7. The molecule has 1 heterocycles. The van der Waals surface area contributed by atoms with E-state index in [1.807, 2.05) is 13.8 Å². The van der Waals surface area contributed by atoms with Crippen LogP contribution in [0.2, 0.25) is 5.02 Å². The number of nitrogens with two attached hydrogens (primary N) is 1. The van der Waals surface area contributed by atoms with Gasteiger partial charge in [-0.1, -0.05) is 16.7 Å². The molecule has 0 radical (unpaired) electrons. The summed E-state index contributed by atoms with van der Waals surface area (Å²) in [6.45, 7) is 3.87. The Morgan fingerprint density at radius 3 is 2.65 bits per heavy atom. The fourth-order valence-electron chi connectivity index (χ4n) is 1.33. The Hall–Kier alpha value is -1.75. The third-order valence-electron chi connectivity index (χ3n) is 1.98. The van der Waals surface area contributed by atoms with Crippen molar-refractivity contribution in [3.63, 3.8) is 0 Å². The number of nitrogen functional groups attached to an aromatic ring is 1. The normalized spacial score (nSPS) is 10.8. The molecule has 0 saturated heterocycles. The zero-order chi connectivity index (χ0) is 12.4. The van der Waals surface area contributed by atoms with Crippen LogP contribution < -0.4 is 10.5 Å². The van der Waals surface area contributed by atoms with Crippen LogP contribution in [0.1, 0.15) is 13.8 Å². The number of hydrogen-bond acceptors (Lipinski definition) is 5. The molecule has 0 amide bonds. The minimum atomic E-state index is 0.0265. The molecule has 0 atom stereocenters. The van der Waals surface area contributed by atoms with E-state index in [1.165, 1.54) is 0 Å². The first-order valence-electron chi connectivity index (χ1n) is 5.12. The molecule has 1 aromatic heterocycles. The van der Waals surface area contributed by atoms with Crippen LogP contribution in [0.4, 0.5) is 6.01 Å². The summed E-state index contributed by atoms with van der Waals surface area (Å²) in [7, 11) is 0. The number of halogens is 1. The molecule has 2 rings (SSSR count). The Kier molecular flexibility index (Phi) is 3.19. The summed E-state index contributed by atoms with van der Waals surface area (Å²) in [6, 6.07) is 5.28. The zero-order valence-electron chi connectivity index (χ0n) is 9.48. The molecular formula is C11H12ClN3O2. The van der Waals surface area contributed by atoms with Gasteiger partial charge in [0, 0.05) is 5.56 Å². The lowest BCUT2D eigenvalue weighted by molar-refractivity contribution is 0.242. The molecule has 0 fully saturated rings. The van der Waals surface area contributed by atoms with Gasteiger partial charge in [-0.3, -0.25) is 0 Å². The van der Waals surface area contributed by atoms with Crippen molar-refractivity contribution < 1.29 is 9.15 Å². The summed E-state index contributed by atoms with van der Waals surface area (Å²) < 4.78 is 10.6. The Bertz CT molecular complexity index is 525. The van der Waals surface area contributed by atoms with E-state index in [2.05, 4.69) is 10.2 Å². The topological polar surface area (TPSA) is 74.2 Å². The van der Waals surface area contributed by atoms with Crippen LogP contribution in [-0.2, 0) is 0 Å². The Morgan fingerprint density at radius 2 is 2.12 bits per heavy atom.